The number of thiazole rings is 1. The van der Waals surface area contributed by atoms with E-state index in [2.05, 4.69) is 16.6 Å². The van der Waals surface area contributed by atoms with Gasteiger partial charge in [0.25, 0.3) is 0 Å². The molecule has 0 saturated heterocycles. The third-order valence-corrected chi connectivity index (χ3v) is 6.99. The Kier molecular flexibility index (Phi) is 9.02. The minimum absolute atomic E-state index is 0.334. The van der Waals surface area contributed by atoms with Gasteiger partial charge in [-0.1, -0.05) is 64.7 Å². The summed E-state index contributed by atoms with van der Waals surface area (Å²) < 4.78 is 28.5. The maximum Gasteiger partial charge on any atom is 0.240 e. The molecule has 4 nitrogen and oxygen atoms in total. The van der Waals surface area contributed by atoms with Crippen molar-refractivity contribution in [2.24, 2.45) is 0 Å². The van der Waals surface area contributed by atoms with Crippen LogP contribution in [0.5, 0.6) is 0 Å². The molecule has 0 aliphatic rings. The molecule has 0 aliphatic heterocycles. The van der Waals surface area contributed by atoms with Crippen molar-refractivity contribution >= 4 is 31.6 Å². The van der Waals surface area contributed by atoms with E-state index in [1.807, 2.05) is 6.92 Å². The highest BCUT2D eigenvalue weighted by Crippen LogP contribution is 2.24. The van der Waals surface area contributed by atoms with Crippen LogP contribution < -0.4 is 4.72 Å². The lowest BCUT2D eigenvalue weighted by Crippen LogP contribution is -2.24. The minimum Gasteiger partial charge on any atom is -0.242 e. The van der Waals surface area contributed by atoms with Gasteiger partial charge in [-0.3, -0.25) is 0 Å². The van der Waals surface area contributed by atoms with Gasteiger partial charge in [0, 0.05) is 6.54 Å². The summed E-state index contributed by atoms with van der Waals surface area (Å²) in [4.78, 5) is 4.71. The number of aromatic nitrogens is 1. The normalized spacial score (nSPS) is 12.1. The summed E-state index contributed by atoms with van der Waals surface area (Å²) >= 11 is 1.52. The Labute approximate surface area is 162 Å². The first-order chi connectivity index (χ1) is 12.5. The Morgan fingerprint density at radius 2 is 1.58 bits per heavy atom. The van der Waals surface area contributed by atoms with Crippen molar-refractivity contribution in [2.45, 2.75) is 83.0 Å². The van der Waals surface area contributed by atoms with Crippen LogP contribution in [-0.4, -0.2) is 19.9 Å². The highest BCUT2D eigenvalue weighted by molar-refractivity contribution is 7.89. The van der Waals surface area contributed by atoms with E-state index in [-0.39, 0.29) is 0 Å². The van der Waals surface area contributed by atoms with E-state index in [9.17, 15) is 8.42 Å². The highest BCUT2D eigenvalue weighted by Gasteiger charge is 2.14. The van der Waals surface area contributed by atoms with E-state index in [4.69, 9.17) is 0 Å². The Bertz CT molecular complexity index is 769. The predicted molar refractivity (Wildman–Crippen MR) is 111 cm³/mol. The number of hydrogen-bond donors (Lipinski definition) is 1. The van der Waals surface area contributed by atoms with Crippen LogP contribution in [0, 0.1) is 6.92 Å². The van der Waals surface area contributed by atoms with Crippen LogP contribution in [0.15, 0.2) is 23.1 Å². The van der Waals surface area contributed by atoms with Gasteiger partial charge in [0.15, 0.2) is 0 Å². The van der Waals surface area contributed by atoms with Gasteiger partial charge in [-0.25, -0.2) is 18.1 Å². The predicted octanol–water partition coefficient (Wildman–Crippen LogP) is 5.80. The number of benzene rings is 1. The Morgan fingerprint density at radius 3 is 2.23 bits per heavy atom. The van der Waals surface area contributed by atoms with Gasteiger partial charge in [0.2, 0.25) is 10.0 Å². The van der Waals surface area contributed by atoms with Crippen molar-refractivity contribution in [3.05, 3.63) is 23.2 Å². The van der Waals surface area contributed by atoms with E-state index in [0.717, 1.165) is 28.1 Å². The van der Waals surface area contributed by atoms with Gasteiger partial charge in [0.1, 0.15) is 0 Å². The average molecular weight is 397 g/mol. The average Bonchev–Trinajstić information content (AvgIpc) is 2.98. The molecule has 146 valence electrons. The van der Waals surface area contributed by atoms with Crippen molar-refractivity contribution in [1.82, 2.24) is 9.71 Å². The topological polar surface area (TPSA) is 59.1 Å². The summed E-state index contributed by atoms with van der Waals surface area (Å²) in [6, 6.07) is 5.15. The Balaban J connectivity index is 1.63. The molecule has 1 N–H and O–H groups in total. The quantitative estimate of drug-likeness (QED) is 0.435. The number of sulfonamides is 1. The number of fused-ring (bicyclic) bond motifs is 1. The van der Waals surface area contributed by atoms with Crippen LogP contribution in [0.4, 0.5) is 0 Å². The lowest BCUT2D eigenvalue weighted by Gasteiger charge is -2.07. The molecule has 0 bridgehead atoms. The van der Waals surface area contributed by atoms with Crippen LogP contribution in [0.25, 0.3) is 10.2 Å². The molecule has 0 spiro atoms. The monoisotopic (exact) mass is 396 g/mol. The fourth-order valence-corrected chi connectivity index (χ4v) is 5.13. The lowest BCUT2D eigenvalue weighted by molar-refractivity contribution is 0.549. The zero-order valence-corrected chi connectivity index (χ0v) is 17.7. The molecule has 0 fully saturated rings. The molecule has 0 aliphatic carbocycles. The number of unbranched alkanes of at least 4 members (excludes halogenated alkanes) is 9. The highest BCUT2D eigenvalue weighted by atomic mass is 32.2. The number of aryl methyl sites for hydroxylation is 1. The van der Waals surface area contributed by atoms with E-state index in [1.165, 1.54) is 62.7 Å². The van der Waals surface area contributed by atoms with Gasteiger partial charge in [-0.15, -0.1) is 11.3 Å². The minimum atomic E-state index is -3.42. The van der Waals surface area contributed by atoms with Gasteiger partial charge in [-0.05, 0) is 31.5 Å². The van der Waals surface area contributed by atoms with E-state index < -0.39 is 10.0 Å². The first-order valence-electron chi connectivity index (χ1n) is 9.90. The Morgan fingerprint density at radius 1 is 0.962 bits per heavy atom. The molecular formula is C20H32N2O2S2. The first-order valence-corrected chi connectivity index (χ1v) is 12.2. The maximum atomic E-state index is 12.4. The van der Waals surface area contributed by atoms with Crippen molar-refractivity contribution in [3.63, 3.8) is 0 Å². The molecule has 1 aromatic heterocycles. The van der Waals surface area contributed by atoms with E-state index in [1.54, 1.807) is 18.2 Å². The van der Waals surface area contributed by atoms with Gasteiger partial charge < -0.3 is 0 Å². The molecule has 0 atom stereocenters. The molecule has 0 radical (unpaired) electrons. The van der Waals surface area contributed by atoms with E-state index in [0.29, 0.717) is 11.4 Å². The summed E-state index contributed by atoms with van der Waals surface area (Å²) in [6.07, 6.45) is 12.5. The van der Waals surface area contributed by atoms with E-state index >= 15 is 0 Å². The standard InChI is InChI=1S/C20H32N2O2S2/c1-3-4-5-6-7-8-9-10-11-12-15-21-26(23,24)18-13-14-19-20(16-18)25-17(2)22-19/h13-14,16,21H,3-12,15H2,1-2H3. The molecule has 2 rings (SSSR count). The molecule has 26 heavy (non-hydrogen) atoms. The molecule has 1 heterocycles. The number of nitrogens with zero attached hydrogens (tertiary/aromatic N) is 1. The van der Waals surface area contributed by atoms with Crippen LogP contribution in [0.3, 0.4) is 0 Å². The molecule has 2 aromatic rings. The SMILES string of the molecule is CCCCCCCCCCCCNS(=O)(=O)c1ccc2nc(C)sc2c1. The second-order valence-corrected chi connectivity index (χ2v) is 9.94. The second kappa shape index (κ2) is 11.0. The summed E-state index contributed by atoms with van der Waals surface area (Å²) in [5.74, 6) is 0. The van der Waals surface area contributed by atoms with Gasteiger partial charge >= 0.3 is 0 Å². The molecule has 1 aromatic carbocycles. The fraction of sp³-hybridized carbons (Fsp3) is 0.650. The summed E-state index contributed by atoms with van der Waals surface area (Å²) in [6.45, 7) is 4.69. The third kappa shape index (κ3) is 6.97. The molecule has 0 unspecified atom stereocenters. The van der Waals surface area contributed by atoms with Gasteiger partial charge in [-0.2, -0.15) is 0 Å². The molecule has 6 heteroatoms. The zero-order valence-electron chi connectivity index (χ0n) is 16.1. The van der Waals surface area contributed by atoms with Crippen LogP contribution in [0.2, 0.25) is 0 Å². The van der Waals surface area contributed by atoms with Crippen LogP contribution >= 0.6 is 11.3 Å². The number of nitrogens with one attached hydrogen (secondary N) is 1. The van der Waals surface area contributed by atoms with Crippen molar-refractivity contribution in [2.75, 3.05) is 6.54 Å². The van der Waals surface area contributed by atoms with Crippen molar-refractivity contribution in [3.8, 4) is 0 Å². The van der Waals surface area contributed by atoms with Crippen LogP contribution in [-0.2, 0) is 10.0 Å². The fourth-order valence-electron chi connectivity index (χ4n) is 3.09. The third-order valence-electron chi connectivity index (χ3n) is 4.60. The second-order valence-electron chi connectivity index (χ2n) is 6.94. The molecule has 0 amide bonds. The van der Waals surface area contributed by atoms with Crippen LogP contribution in [0.1, 0.15) is 76.1 Å². The largest absolute Gasteiger partial charge is 0.242 e. The Hall–Kier alpha value is -0.980. The zero-order chi connectivity index (χ0) is 18.8. The van der Waals surface area contributed by atoms with Gasteiger partial charge in [0.05, 0.1) is 20.1 Å². The first kappa shape index (κ1) is 21.3. The van der Waals surface area contributed by atoms with Crippen molar-refractivity contribution < 1.29 is 8.42 Å². The summed E-state index contributed by atoms with van der Waals surface area (Å²) in [5, 5.41) is 0.952. The molecule has 0 saturated carbocycles. The smallest absolute Gasteiger partial charge is 0.240 e. The number of hydrogen-bond acceptors (Lipinski definition) is 4. The summed E-state index contributed by atoms with van der Waals surface area (Å²) in [5.41, 5.74) is 0.862. The maximum absolute atomic E-state index is 12.4. The number of rotatable bonds is 13. The van der Waals surface area contributed by atoms with Crippen molar-refractivity contribution in [1.29, 1.82) is 0 Å². The molecular weight excluding hydrogens is 364 g/mol. The summed E-state index contributed by atoms with van der Waals surface area (Å²) in [7, 11) is -3.42. The lowest BCUT2D eigenvalue weighted by atomic mass is 10.1.